The van der Waals surface area contributed by atoms with Crippen LogP contribution in [0.5, 0.6) is 0 Å². The number of fused-ring (bicyclic) bond motifs is 1. The molecule has 7 nitrogen and oxygen atoms in total. The maximum atomic E-state index is 12.7. The van der Waals surface area contributed by atoms with Crippen LogP contribution in [0.25, 0.3) is 10.9 Å². The van der Waals surface area contributed by atoms with Gasteiger partial charge in [0, 0.05) is 7.05 Å². The minimum Gasteiger partial charge on any atom is -0.372 e. The summed E-state index contributed by atoms with van der Waals surface area (Å²) in [6, 6.07) is 9.40. The number of sulfonamides is 1. The van der Waals surface area contributed by atoms with Gasteiger partial charge in [-0.2, -0.15) is 0 Å². The standard InChI is InChI=1S/C17H16N2O5S/c1-10-5-4-6-11(2)15(10)18-25(22,23)12-7-8-14-13(9-12)16(20)24-17(21)19(14)3/h4-9,18H,1-3H3. The van der Waals surface area contributed by atoms with Gasteiger partial charge in [-0.25, -0.2) is 18.0 Å². The average molecular weight is 360 g/mol. The summed E-state index contributed by atoms with van der Waals surface area (Å²) < 4.78 is 33.7. The van der Waals surface area contributed by atoms with Crippen molar-refractivity contribution >= 4 is 26.6 Å². The molecule has 0 saturated carbocycles. The molecule has 1 heterocycles. The molecule has 0 amide bonds. The summed E-state index contributed by atoms with van der Waals surface area (Å²) in [7, 11) is -2.47. The van der Waals surface area contributed by atoms with E-state index in [1.54, 1.807) is 26.0 Å². The van der Waals surface area contributed by atoms with Crippen LogP contribution in [0.4, 0.5) is 5.69 Å². The second kappa shape index (κ2) is 5.89. The Kier molecular flexibility index (Phi) is 4.00. The van der Waals surface area contributed by atoms with Crippen molar-refractivity contribution in [1.82, 2.24) is 4.57 Å². The van der Waals surface area contributed by atoms with Crippen LogP contribution < -0.4 is 16.1 Å². The number of para-hydroxylation sites is 1. The molecule has 0 radical (unpaired) electrons. The monoisotopic (exact) mass is 360 g/mol. The molecule has 0 bridgehead atoms. The molecule has 1 N–H and O–H groups in total. The molecule has 8 heteroatoms. The first kappa shape index (κ1) is 17.0. The Morgan fingerprint density at radius 3 is 2.32 bits per heavy atom. The van der Waals surface area contributed by atoms with Gasteiger partial charge in [-0.05, 0) is 43.2 Å². The van der Waals surface area contributed by atoms with E-state index in [-0.39, 0.29) is 10.3 Å². The molecule has 0 unspecified atom stereocenters. The second-order valence-electron chi connectivity index (χ2n) is 5.77. The summed E-state index contributed by atoms with van der Waals surface area (Å²) in [5, 5.41) is 0.0199. The Bertz CT molecular complexity index is 1190. The molecule has 0 saturated heterocycles. The summed E-state index contributed by atoms with van der Waals surface area (Å²) >= 11 is 0. The van der Waals surface area contributed by atoms with Crippen LogP contribution in [0.3, 0.4) is 0 Å². The number of aryl methyl sites for hydroxylation is 3. The Morgan fingerprint density at radius 2 is 1.68 bits per heavy atom. The third kappa shape index (κ3) is 2.96. The first-order chi connectivity index (χ1) is 11.7. The summed E-state index contributed by atoms with van der Waals surface area (Å²) in [4.78, 5) is 23.3. The highest BCUT2D eigenvalue weighted by Gasteiger charge is 2.18. The van der Waals surface area contributed by atoms with E-state index in [1.807, 2.05) is 6.07 Å². The number of nitrogens with one attached hydrogen (secondary N) is 1. The normalized spacial score (nSPS) is 11.6. The van der Waals surface area contributed by atoms with Crippen molar-refractivity contribution in [3.63, 3.8) is 0 Å². The predicted molar refractivity (Wildman–Crippen MR) is 94.4 cm³/mol. The number of rotatable bonds is 3. The van der Waals surface area contributed by atoms with Gasteiger partial charge in [0.1, 0.15) is 0 Å². The lowest BCUT2D eigenvalue weighted by atomic mass is 10.1. The third-order valence-corrected chi connectivity index (χ3v) is 5.38. The quantitative estimate of drug-likeness (QED) is 0.769. The van der Waals surface area contributed by atoms with E-state index in [1.165, 1.54) is 25.2 Å². The van der Waals surface area contributed by atoms with Crippen LogP contribution in [0.2, 0.25) is 0 Å². The summed E-state index contributed by atoms with van der Waals surface area (Å²) in [5.74, 6) is -0.804. The van der Waals surface area contributed by atoms with Crippen LogP contribution in [0.1, 0.15) is 11.1 Å². The van der Waals surface area contributed by atoms with E-state index in [0.717, 1.165) is 15.7 Å². The van der Waals surface area contributed by atoms with Crippen molar-refractivity contribution in [3.8, 4) is 0 Å². The Balaban J connectivity index is 2.15. The van der Waals surface area contributed by atoms with Crippen LogP contribution in [-0.2, 0) is 17.1 Å². The van der Waals surface area contributed by atoms with Crippen molar-refractivity contribution < 1.29 is 12.8 Å². The Labute approximate surface area is 143 Å². The lowest BCUT2D eigenvalue weighted by Gasteiger charge is -2.13. The van der Waals surface area contributed by atoms with Crippen LogP contribution in [-0.4, -0.2) is 13.0 Å². The average Bonchev–Trinajstić information content (AvgIpc) is 2.56. The SMILES string of the molecule is Cc1cccc(C)c1NS(=O)(=O)c1ccc2c(c1)c(=O)oc(=O)n2C. The zero-order valence-corrected chi connectivity index (χ0v) is 14.7. The maximum absolute atomic E-state index is 12.7. The van der Waals surface area contributed by atoms with Crippen LogP contribution >= 0.6 is 0 Å². The van der Waals surface area contributed by atoms with E-state index in [0.29, 0.717) is 11.2 Å². The third-order valence-electron chi connectivity index (χ3n) is 4.03. The molecule has 0 fully saturated rings. The van der Waals surface area contributed by atoms with Crippen molar-refractivity contribution in [3.05, 3.63) is 68.5 Å². The van der Waals surface area contributed by atoms with E-state index in [2.05, 4.69) is 9.14 Å². The molecule has 3 rings (SSSR count). The highest BCUT2D eigenvalue weighted by molar-refractivity contribution is 7.92. The van der Waals surface area contributed by atoms with Gasteiger partial charge in [0.15, 0.2) is 0 Å². The molecular formula is C17H16N2O5S. The molecule has 0 spiro atoms. The van der Waals surface area contributed by atoms with Crippen molar-refractivity contribution in [1.29, 1.82) is 0 Å². The van der Waals surface area contributed by atoms with Gasteiger partial charge < -0.3 is 4.42 Å². The highest BCUT2D eigenvalue weighted by atomic mass is 32.2. The minimum absolute atomic E-state index is 0.0199. The summed E-state index contributed by atoms with van der Waals surface area (Å²) in [6.07, 6.45) is 0. The van der Waals surface area contributed by atoms with Gasteiger partial charge in [-0.15, -0.1) is 0 Å². The van der Waals surface area contributed by atoms with Gasteiger partial charge in [-0.1, -0.05) is 18.2 Å². The maximum Gasteiger partial charge on any atom is 0.422 e. The first-order valence-electron chi connectivity index (χ1n) is 7.43. The fraction of sp³-hybridized carbons (Fsp3) is 0.176. The van der Waals surface area contributed by atoms with Crippen molar-refractivity contribution in [2.45, 2.75) is 18.7 Å². The molecule has 130 valence electrons. The van der Waals surface area contributed by atoms with Crippen molar-refractivity contribution in [2.24, 2.45) is 7.05 Å². The van der Waals surface area contributed by atoms with Gasteiger partial charge in [0.05, 0.1) is 21.5 Å². The number of hydrogen-bond donors (Lipinski definition) is 1. The lowest BCUT2D eigenvalue weighted by molar-refractivity contribution is 0.432. The smallest absolute Gasteiger partial charge is 0.372 e. The molecular weight excluding hydrogens is 344 g/mol. The topological polar surface area (TPSA) is 98.4 Å². The lowest BCUT2D eigenvalue weighted by Crippen LogP contribution is -2.23. The molecule has 0 atom stereocenters. The fourth-order valence-electron chi connectivity index (χ4n) is 2.61. The first-order valence-corrected chi connectivity index (χ1v) is 8.92. The van der Waals surface area contributed by atoms with Gasteiger partial charge in [-0.3, -0.25) is 9.29 Å². The number of nitrogens with zero attached hydrogens (tertiary/aromatic N) is 1. The van der Waals surface area contributed by atoms with Gasteiger partial charge >= 0.3 is 11.4 Å². The molecule has 2 aromatic carbocycles. The van der Waals surface area contributed by atoms with E-state index < -0.39 is 21.4 Å². The van der Waals surface area contributed by atoms with Gasteiger partial charge in [0.2, 0.25) is 0 Å². The van der Waals surface area contributed by atoms with Gasteiger partial charge in [0.25, 0.3) is 10.0 Å². The summed E-state index contributed by atoms with van der Waals surface area (Å²) in [5.41, 5.74) is 1.49. The second-order valence-corrected chi connectivity index (χ2v) is 7.45. The fourth-order valence-corrected chi connectivity index (χ4v) is 3.84. The largest absolute Gasteiger partial charge is 0.422 e. The molecule has 0 aliphatic rings. The number of anilines is 1. The van der Waals surface area contributed by atoms with E-state index >= 15 is 0 Å². The molecule has 3 aromatic rings. The predicted octanol–water partition coefficient (Wildman–Crippen LogP) is 1.91. The van der Waals surface area contributed by atoms with E-state index in [9.17, 15) is 18.0 Å². The Hall–Kier alpha value is -2.87. The molecule has 0 aliphatic heterocycles. The Morgan fingerprint density at radius 1 is 1.04 bits per heavy atom. The van der Waals surface area contributed by atoms with Crippen LogP contribution in [0, 0.1) is 13.8 Å². The van der Waals surface area contributed by atoms with Crippen LogP contribution in [0.15, 0.2) is 55.3 Å². The zero-order valence-electron chi connectivity index (χ0n) is 13.9. The number of aromatic nitrogens is 1. The minimum atomic E-state index is -3.91. The molecule has 25 heavy (non-hydrogen) atoms. The van der Waals surface area contributed by atoms with Crippen molar-refractivity contribution in [2.75, 3.05) is 4.72 Å². The van der Waals surface area contributed by atoms with E-state index in [4.69, 9.17) is 0 Å². The highest BCUT2D eigenvalue weighted by Crippen LogP contribution is 2.24. The number of benzene rings is 2. The summed E-state index contributed by atoms with van der Waals surface area (Å²) in [6.45, 7) is 3.60. The number of hydrogen-bond acceptors (Lipinski definition) is 5. The molecule has 1 aromatic heterocycles. The zero-order chi connectivity index (χ0) is 18.4. The molecule has 0 aliphatic carbocycles.